The fourth-order valence-electron chi connectivity index (χ4n) is 3.24. The van der Waals surface area contributed by atoms with Crippen LogP contribution in [0, 0.1) is 5.41 Å². The Kier molecular flexibility index (Phi) is 3.80. The number of likely N-dealkylation sites (tertiary alicyclic amines) is 1. The van der Waals surface area contributed by atoms with Crippen molar-refractivity contribution < 1.29 is 18.7 Å². The summed E-state index contributed by atoms with van der Waals surface area (Å²) in [7, 11) is 0. The highest BCUT2D eigenvalue weighted by atomic mass is 16.6. The van der Waals surface area contributed by atoms with Crippen LogP contribution in [-0.2, 0) is 9.53 Å². The fraction of sp³-hybridized carbons (Fsp3) is 0.529. The molecule has 2 aliphatic rings. The van der Waals surface area contributed by atoms with Crippen molar-refractivity contribution in [2.75, 3.05) is 19.6 Å². The molecule has 6 nitrogen and oxygen atoms in total. The van der Waals surface area contributed by atoms with E-state index in [0.717, 1.165) is 11.1 Å². The van der Waals surface area contributed by atoms with E-state index in [0.29, 0.717) is 26.1 Å². The Hall–Kier alpha value is -2.08. The Morgan fingerprint density at radius 3 is 2.87 bits per heavy atom. The van der Waals surface area contributed by atoms with Crippen LogP contribution >= 0.6 is 0 Å². The SMILES string of the molecule is CC(C)(C)OC(=O)N1CCC2(CNCC=C2c2ccoc2)C1=O. The monoisotopic (exact) mass is 318 g/mol. The third-order valence-corrected chi connectivity index (χ3v) is 4.26. The molecule has 1 atom stereocenters. The molecule has 1 aromatic rings. The molecule has 0 saturated carbocycles. The van der Waals surface area contributed by atoms with E-state index in [9.17, 15) is 9.59 Å². The second-order valence-corrected chi connectivity index (χ2v) is 7.03. The highest BCUT2D eigenvalue weighted by Gasteiger charge is 2.53. The average molecular weight is 318 g/mol. The number of hydrogen-bond donors (Lipinski definition) is 1. The van der Waals surface area contributed by atoms with Gasteiger partial charge in [-0.3, -0.25) is 4.79 Å². The van der Waals surface area contributed by atoms with Crippen LogP contribution in [0.3, 0.4) is 0 Å². The number of hydrogen-bond acceptors (Lipinski definition) is 5. The number of carbonyl (C=O) groups excluding carboxylic acids is 2. The predicted octanol–water partition coefficient (Wildman–Crippen LogP) is 2.42. The summed E-state index contributed by atoms with van der Waals surface area (Å²) in [6, 6.07) is 1.85. The molecule has 2 amide bonds. The van der Waals surface area contributed by atoms with Crippen LogP contribution in [0.15, 0.2) is 29.1 Å². The van der Waals surface area contributed by atoms with Crippen LogP contribution < -0.4 is 5.32 Å². The maximum atomic E-state index is 13.0. The van der Waals surface area contributed by atoms with Gasteiger partial charge in [-0.05, 0) is 38.8 Å². The number of ether oxygens (including phenoxy) is 1. The fourth-order valence-corrected chi connectivity index (χ4v) is 3.24. The molecule has 1 spiro atoms. The van der Waals surface area contributed by atoms with Gasteiger partial charge in [0.1, 0.15) is 5.60 Å². The van der Waals surface area contributed by atoms with Crippen LogP contribution in [0.4, 0.5) is 4.79 Å². The molecule has 1 fully saturated rings. The smallest absolute Gasteiger partial charge is 0.417 e. The number of rotatable bonds is 1. The normalized spacial score (nSPS) is 24.9. The van der Waals surface area contributed by atoms with Crippen LogP contribution in [-0.4, -0.2) is 42.1 Å². The lowest BCUT2D eigenvalue weighted by atomic mass is 9.74. The summed E-state index contributed by atoms with van der Waals surface area (Å²) in [5.74, 6) is -0.202. The summed E-state index contributed by atoms with van der Waals surface area (Å²) in [5, 5.41) is 3.24. The molecule has 1 aromatic heterocycles. The van der Waals surface area contributed by atoms with Gasteiger partial charge in [-0.1, -0.05) is 6.08 Å². The molecule has 1 saturated heterocycles. The van der Waals surface area contributed by atoms with Crippen molar-refractivity contribution in [3.63, 3.8) is 0 Å². The minimum atomic E-state index is -0.723. The molecule has 2 aliphatic heterocycles. The quantitative estimate of drug-likeness (QED) is 0.861. The van der Waals surface area contributed by atoms with E-state index in [4.69, 9.17) is 9.15 Å². The zero-order valence-corrected chi connectivity index (χ0v) is 13.7. The first-order chi connectivity index (χ1) is 10.8. The molecule has 6 heteroatoms. The van der Waals surface area contributed by atoms with Crippen LogP contribution in [0.2, 0.25) is 0 Å². The number of carbonyl (C=O) groups is 2. The van der Waals surface area contributed by atoms with E-state index in [1.54, 1.807) is 33.3 Å². The highest BCUT2D eigenvalue weighted by Crippen LogP contribution is 2.45. The van der Waals surface area contributed by atoms with Gasteiger partial charge in [-0.2, -0.15) is 0 Å². The first-order valence-corrected chi connectivity index (χ1v) is 7.82. The van der Waals surface area contributed by atoms with Crippen LogP contribution in [0.1, 0.15) is 32.8 Å². The van der Waals surface area contributed by atoms with Gasteiger partial charge in [0.15, 0.2) is 0 Å². The molecule has 0 radical (unpaired) electrons. The lowest BCUT2D eigenvalue weighted by Crippen LogP contribution is -2.47. The average Bonchev–Trinajstić information content (AvgIpc) is 3.08. The standard InChI is InChI=1S/C17H22N2O4/c1-16(2,3)23-15(21)19-8-6-17(14(19)20)11-18-7-4-13(17)12-5-9-22-10-12/h4-5,9-10,18H,6-8,11H2,1-3H3. The Morgan fingerprint density at radius 1 is 1.43 bits per heavy atom. The van der Waals surface area contributed by atoms with Gasteiger partial charge in [0, 0.05) is 25.2 Å². The lowest BCUT2D eigenvalue weighted by Gasteiger charge is -2.33. The van der Waals surface area contributed by atoms with Crippen LogP contribution in [0.25, 0.3) is 5.57 Å². The van der Waals surface area contributed by atoms with Crippen molar-refractivity contribution in [3.05, 3.63) is 30.2 Å². The molecule has 0 aliphatic carbocycles. The second kappa shape index (κ2) is 5.53. The van der Waals surface area contributed by atoms with Gasteiger partial charge < -0.3 is 14.5 Å². The molecule has 3 heterocycles. The number of imide groups is 1. The molecular formula is C17H22N2O4. The molecule has 1 N–H and O–H groups in total. The topological polar surface area (TPSA) is 71.8 Å². The van der Waals surface area contributed by atoms with E-state index >= 15 is 0 Å². The predicted molar refractivity (Wildman–Crippen MR) is 84.6 cm³/mol. The summed E-state index contributed by atoms with van der Waals surface area (Å²) >= 11 is 0. The zero-order chi connectivity index (χ0) is 16.7. The van der Waals surface area contributed by atoms with Crippen molar-refractivity contribution >= 4 is 17.6 Å². The van der Waals surface area contributed by atoms with Gasteiger partial charge in [-0.15, -0.1) is 0 Å². The van der Waals surface area contributed by atoms with E-state index in [1.165, 1.54) is 4.90 Å². The molecule has 3 rings (SSSR count). The maximum absolute atomic E-state index is 13.0. The van der Waals surface area contributed by atoms with Gasteiger partial charge in [0.05, 0.1) is 17.9 Å². The zero-order valence-electron chi connectivity index (χ0n) is 13.7. The van der Waals surface area contributed by atoms with Crippen molar-refractivity contribution in [1.29, 1.82) is 0 Å². The molecule has 124 valence electrons. The van der Waals surface area contributed by atoms with Crippen LogP contribution in [0.5, 0.6) is 0 Å². The summed E-state index contributed by atoms with van der Waals surface area (Å²) in [6.45, 7) is 6.95. The third-order valence-electron chi connectivity index (χ3n) is 4.26. The Labute approximate surface area is 135 Å². The number of nitrogens with one attached hydrogen (secondary N) is 1. The maximum Gasteiger partial charge on any atom is 0.417 e. The largest absolute Gasteiger partial charge is 0.472 e. The first-order valence-electron chi connectivity index (χ1n) is 7.82. The van der Waals surface area contributed by atoms with Crippen molar-refractivity contribution in [1.82, 2.24) is 10.2 Å². The van der Waals surface area contributed by atoms with Gasteiger partial charge in [-0.25, -0.2) is 9.69 Å². The van der Waals surface area contributed by atoms with Crippen molar-refractivity contribution in [3.8, 4) is 0 Å². The molecule has 0 aromatic carbocycles. The number of nitrogens with zero attached hydrogens (tertiary/aromatic N) is 1. The van der Waals surface area contributed by atoms with Gasteiger partial charge >= 0.3 is 6.09 Å². The van der Waals surface area contributed by atoms with Crippen molar-refractivity contribution in [2.24, 2.45) is 5.41 Å². The third kappa shape index (κ3) is 2.79. The van der Waals surface area contributed by atoms with Gasteiger partial charge in [0.25, 0.3) is 0 Å². The second-order valence-electron chi connectivity index (χ2n) is 7.03. The summed E-state index contributed by atoms with van der Waals surface area (Å²) < 4.78 is 10.5. The van der Waals surface area contributed by atoms with E-state index < -0.39 is 17.1 Å². The molecular weight excluding hydrogens is 296 g/mol. The summed E-state index contributed by atoms with van der Waals surface area (Å²) in [5.41, 5.74) is 0.479. The van der Waals surface area contributed by atoms with E-state index in [1.807, 2.05) is 12.1 Å². The Balaban J connectivity index is 1.88. The highest BCUT2D eigenvalue weighted by molar-refractivity contribution is 6.05. The first kappa shape index (κ1) is 15.8. The molecule has 23 heavy (non-hydrogen) atoms. The summed E-state index contributed by atoms with van der Waals surface area (Å²) in [6.07, 6.45) is 5.25. The Morgan fingerprint density at radius 2 is 2.22 bits per heavy atom. The minimum absolute atomic E-state index is 0.202. The summed E-state index contributed by atoms with van der Waals surface area (Å²) in [4.78, 5) is 26.6. The van der Waals surface area contributed by atoms with Crippen molar-refractivity contribution in [2.45, 2.75) is 32.8 Å². The minimum Gasteiger partial charge on any atom is -0.472 e. The molecule has 0 bridgehead atoms. The van der Waals surface area contributed by atoms with E-state index in [-0.39, 0.29) is 5.91 Å². The number of furan rings is 1. The number of amides is 2. The Bertz CT molecular complexity index is 642. The van der Waals surface area contributed by atoms with E-state index in [2.05, 4.69) is 5.32 Å². The molecule has 1 unspecified atom stereocenters. The van der Waals surface area contributed by atoms with Gasteiger partial charge in [0.2, 0.25) is 5.91 Å². The lowest BCUT2D eigenvalue weighted by molar-refractivity contribution is -0.132.